The molecule has 25 heavy (non-hydrogen) atoms. The molecule has 0 aliphatic carbocycles. The molecule has 1 aliphatic rings. The maximum atomic E-state index is 10.4. The zero-order chi connectivity index (χ0) is 18.6. The van der Waals surface area contributed by atoms with E-state index < -0.39 is 42.2 Å². The number of hydrogen-bond donors (Lipinski definition) is 4. The number of nitro groups is 1. The topological polar surface area (TPSA) is 152 Å². The standard InChI is InChI=1S/C15H19NO9/c1-23-10-6-8(4-5-16(21)22)2-3-9(10)24-15-14(20)13(19)12(18)11(7-17)25-15/h2-6,11-15,17-20H,7H2,1H3/t11-,12+,13+,14-,15-/m1/s1. The highest BCUT2D eigenvalue weighted by Gasteiger charge is 2.44. The fourth-order valence-corrected chi connectivity index (χ4v) is 2.32. The average Bonchev–Trinajstić information content (AvgIpc) is 2.60. The number of ether oxygens (including phenoxy) is 3. The third-order valence-electron chi connectivity index (χ3n) is 3.67. The van der Waals surface area contributed by atoms with Gasteiger partial charge in [-0.05, 0) is 17.7 Å². The Kier molecular flexibility index (Phi) is 6.28. The Morgan fingerprint density at radius 2 is 1.96 bits per heavy atom. The van der Waals surface area contributed by atoms with Gasteiger partial charge in [0, 0.05) is 6.08 Å². The molecule has 0 radical (unpaired) electrons. The summed E-state index contributed by atoms with van der Waals surface area (Å²) in [5, 5.41) is 49.0. The molecule has 1 heterocycles. The highest BCUT2D eigenvalue weighted by molar-refractivity contribution is 5.55. The maximum Gasteiger partial charge on any atom is 0.235 e. The third kappa shape index (κ3) is 4.44. The van der Waals surface area contributed by atoms with Crippen LogP contribution < -0.4 is 9.47 Å². The molecular formula is C15H19NO9. The van der Waals surface area contributed by atoms with Gasteiger partial charge in [0.1, 0.15) is 24.4 Å². The van der Waals surface area contributed by atoms with Crippen molar-refractivity contribution >= 4 is 6.08 Å². The molecule has 1 saturated heterocycles. The van der Waals surface area contributed by atoms with Crippen LogP contribution in [0.25, 0.3) is 6.08 Å². The molecule has 10 nitrogen and oxygen atoms in total. The van der Waals surface area contributed by atoms with Gasteiger partial charge in [0.25, 0.3) is 0 Å². The van der Waals surface area contributed by atoms with Crippen LogP contribution >= 0.6 is 0 Å². The molecule has 10 heteroatoms. The van der Waals surface area contributed by atoms with Crippen molar-refractivity contribution in [1.82, 2.24) is 0 Å². The largest absolute Gasteiger partial charge is 0.493 e. The van der Waals surface area contributed by atoms with Gasteiger partial charge in [-0.2, -0.15) is 0 Å². The number of hydrogen-bond acceptors (Lipinski definition) is 9. The van der Waals surface area contributed by atoms with Gasteiger partial charge in [-0.3, -0.25) is 10.1 Å². The van der Waals surface area contributed by atoms with Crippen LogP contribution in [0.5, 0.6) is 11.5 Å². The van der Waals surface area contributed by atoms with Gasteiger partial charge in [-0.25, -0.2) is 0 Å². The molecule has 2 rings (SSSR count). The first-order valence-corrected chi connectivity index (χ1v) is 7.34. The van der Waals surface area contributed by atoms with Gasteiger partial charge in [0.2, 0.25) is 12.5 Å². The van der Waals surface area contributed by atoms with Gasteiger partial charge >= 0.3 is 0 Å². The predicted molar refractivity (Wildman–Crippen MR) is 83.4 cm³/mol. The Labute approximate surface area is 142 Å². The molecule has 4 N–H and O–H groups in total. The van der Waals surface area contributed by atoms with Gasteiger partial charge in [0.05, 0.1) is 18.6 Å². The summed E-state index contributed by atoms with van der Waals surface area (Å²) in [7, 11) is 1.36. The summed E-state index contributed by atoms with van der Waals surface area (Å²) < 4.78 is 15.9. The molecule has 0 aromatic heterocycles. The second-order valence-electron chi connectivity index (χ2n) is 5.33. The van der Waals surface area contributed by atoms with Crippen LogP contribution in [0.4, 0.5) is 0 Å². The summed E-state index contributed by atoms with van der Waals surface area (Å²) in [5.41, 5.74) is 0.481. The molecule has 0 spiro atoms. The zero-order valence-electron chi connectivity index (χ0n) is 13.3. The Balaban J connectivity index is 2.19. The molecule has 1 aromatic rings. The molecule has 138 valence electrons. The van der Waals surface area contributed by atoms with E-state index in [1.807, 2.05) is 0 Å². The van der Waals surface area contributed by atoms with Crippen LogP contribution in [-0.4, -0.2) is 69.8 Å². The minimum atomic E-state index is -1.57. The summed E-state index contributed by atoms with van der Waals surface area (Å²) in [4.78, 5) is 9.76. The van der Waals surface area contributed by atoms with Crippen molar-refractivity contribution in [2.75, 3.05) is 13.7 Å². The monoisotopic (exact) mass is 357 g/mol. The lowest BCUT2D eigenvalue weighted by Gasteiger charge is -2.39. The Bertz CT molecular complexity index is 633. The lowest BCUT2D eigenvalue weighted by molar-refractivity contribution is -0.400. The van der Waals surface area contributed by atoms with E-state index in [0.29, 0.717) is 5.56 Å². The lowest BCUT2D eigenvalue weighted by Crippen LogP contribution is -2.60. The van der Waals surface area contributed by atoms with E-state index in [2.05, 4.69) is 0 Å². The number of aliphatic hydroxyl groups is 4. The number of rotatable bonds is 6. The SMILES string of the molecule is COc1cc(C=C[N+](=O)[O-])ccc1O[C@@H]1O[C@H](CO)[C@H](O)[C@H](O)[C@H]1O. The molecule has 0 amide bonds. The van der Waals surface area contributed by atoms with Crippen LogP contribution in [0.2, 0.25) is 0 Å². The van der Waals surface area contributed by atoms with E-state index in [9.17, 15) is 25.4 Å². The average molecular weight is 357 g/mol. The van der Waals surface area contributed by atoms with Crippen molar-refractivity contribution in [3.8, 4) is 11.5 Å². The number of benzene rings is 1. The molecule has 1 aromatic carbocycles. The van der Waals surface area contributed by atoms with Crippen LogP contribution in [0.3, 0.4) is 0 Å². The molecular weight excluding hydrogens is 338 g/mol. The van der Waals surface area contributed by atoms with E-state index >= 15 is 0 Å². The smallest absolute Gasteiger partial charge is 0.235 e. The summed E-state index contributed by atoms with van der Waals surface area (Å²) >= 11 is 0. The molecule has 1 fully saturated rings. The number of methoxy groups -OCH3 is 1. The van der Waals surface area contributed by atoms with Crippen LogP contribution in [-0.2, 0) is 4.74 Å². The first kappa shape index (κ1) is 19.1. The normalized spacial score (nSPS) is 29.6. The minimum absolute atomic E-state index is 0.144. The Morgan fingerprint density at radius 3 is 2.56 bits per heavy atom. The maximum absolute atomic E-state index is 10.4. The number of nitrogens with zero attached hydrogens (tertiary/aromatic N) is 1. The second-order valence-corrected chi connectivity index (χ2v) is 5.33. The molecule has 1 aliphatic heterocycles. The van der Waals surface area contributed by atoms with Crippen molar-refractivity contribution in [3.63, 3.8) is 0 Å². The lowest BCUT2D eigenvalue weighted by atomic mass is 9.99. The summed E-state index contributed by atoms with van der Waals surface area (Å²) in [6.07, 6.45) is -5.04. The van der Waals surface area contributed by atoms with Crippen molar-refractivity contribution in [2.24, 2.45) is 0 Å². The van der Waals surface area contributed by atoms with E-state index in [-0.39, 0.29) is 11.5 Å². The van der Waals surface area contributed by atoms with Gasteiger partial charge in [0.15, 0.2) is 11.5 Å². The zero-order valence-corrected chi connectivity index (χ0v) is 13.3. The molecule has 0 unspecified atom stereocenters. The molecule has 0 bridgehead atoms. The minimum Gasteiger partial charge on any atom is -0.493 e. The first-order chi connectivity index (χ1) is 11.9. The first-order valence-electron chi connectivity index (χ1n) is 7.34. The van der Waals surface area contributed by atoms with Crippen molar-refractivity contribution < 1.29 is 39.6 Å². The third-order valence-corrected chi connectivity index (χ3v) is 3.67. The Morgan fingerprint density at radius 1 is 1.24 bits per heavy atom. The fraction of sp³-hybridized carbons (Fsp3) is 0.467. The van der Waals surface area contributed by atoms with E-state index in [1.54, 1.807) is 0 Å². The predicted octanol–water partition coefficient (Wildman–Crippen LogP) is -0.879. The highest BCUT2D eigenvalue weighted by Crippen LogP contribution is 2.32. The molecule has 5 atom stereocenters. The van der Waals surface area contributed by atoms with Crippen molar-refractivity contribution in [3.05, 3.63) is 40.1 Å². The summed E-state index contributed by atoms with van der Waals surface area (Å²) in [6.45, 7) is -0.577. The number of aliphatic hydroxyl groups excluding tert-OH is 4. The van der Waals surface area contributed by atoms with Gasteiger partial charge < -0.3 is 34.6 Å². The van der Waals surface area contributed by atoms with E-state index in [0.717, 1.165) is 6.20 Å². The van der Waals surface area contributed by atoms with Crippen molar-refractivity contribution in [1.29, 1.82) is 0 Å². The van der Waals surface area contributed by atoms with Crippen LogP contribution in [0.15, 0.2) is 24.4 Å². The summed E-state index contributed by atoms with van der Waals surface area (Å²) in [5.74, 6) is 0.354. The Hall–Kier alpha value is -2.24. The van der Waals surface area contributed by atoms with Crippen LogP contribution in [0.1, 0.15) is 5.56 Å². The quantitative estimate of drug-likeness (QED) is 0.376. The van der Waals surface area contributed by atoms with Crippen LogP contribution in [0, 0.1) is 10.1 Å². The van der Waals surface area contributed by atoms with Gasteiger partial charge in [-0.15, -0.1) is 0 Å². The van der Waals surface area contributed by atoms with Gasteiger partial charge in [-0.1, -0.05) is 6.07 Å². The van der Waals surface area contributed by atoms with E-state index in [4.69, 9.17) is 19.3 Å². The summed E-state index contributed by atoms with van der Waals surface area (Å²) in [6, 6.07) is 4.43. The highest BCUT2D eigenvalue weighted by atomic mass is 16.7. The van der Waals surface area contributed by atoms with Crippen molar-refractivity contribution in [2.45, 2.75) is 30.7 Å². The van der Waals surface area contributed by atoms with E-state index in [1.165, 1.54) is 31.4 Å². The molecule has 0 saturated carbocycles. The second kappa shape index (κ2) is 8.23. The fourth-order valence-electron chi connectivity index (χ4n) is 2.32.